The molecule has 3 atom stereocenters. The van der Waals surface area contributed by atoms with Crippen molar-refractivity contribution in [1.82, 2.24) is 5.32 Å². The van der Waals surface area contributed by atoms with E-state index < -0.39 is 17.3 Å². The van der Waals surface area contributed by atoms with Crippen molar-refractivity contribution in [2.24, 2.45) is 17.3 Å². The first-order valence-electron chi connectivity index (χ1n) is 9.34. The quantitative estimate of drug-likeness (QED) is 0.812. The maximum absolute atomic E-state index is 13.1. The summed E-state index contributed by atoms with van der Waals surface area (Å²) in [5.74, 6) is -0.944. The van der Waals surface area contributed by atoms with Crippen LogP contribution in [0.15, 0.2) is 42.5 Å². The van der Waals surface area contributed by atoms with Gasteiger partial charge in [0.15, 0.2) is 5.78 Å². The molecule has 4 rings (SSSR count). The molecule has 0 spiro atoms. The predicted octanol–water partition coefficient (Wildman–Crippen LogP) is 2.41. The van der Waals surface area contributed by atoms with Crippen LogP contribution in [-0.2, 0) is 16.1 Å². The van der Waals surface area contributed by atoms with E-state index in [4.69, 9.17) is 9.47 Å². The van der Waals surface area contributed by atoms with E-state index in [0.717, 1.165) is 5.56 Å². The molecule has 1 heterocycles. The molecule has 29 heavy (non-hydrogen) atoms. The Hall–Kier alpha value is -3.35. The van der Waals surface area contributed by atoms with E-state index in [-0.39, 0.29) is 24.1 Å². The first-order chi connectivity index (χ1) is 13.9. The highest BCUT2D eigenvalue weighted by molar-refractivity contribution is 6.19. The van der Waals surface area contributed by atoms with Gasteiger partial charge in [0.25, 0.3) is 0 Å². The van der Waals surface area contributed by atoms with Gasteiger partial charge in [0.1, 0.15) is 11.5 Å². The van der Waals surface area contributed by atoms with Crippen LogP contribution in [-0.4, -0.2) is 31.8 Å². The van der Waals surface area contributed by atoms with E-state index in [9.17, 15) is 14.4 Å². The number of ketones is 1. The van der Waals surface area contributed by atoms with Crippen LogP contribution in [0.25, 0.3) is 0 Å². The fraction of sp³-hybridized carbons (Fsp3) is 0.318. The zero-order chi connectivity index (χ0) is 20.8. The number of ether oxygens (including phenoxy) is 2. The second kappa shape index (κ2) is 6.92. The van der Waals surface area contributed by atoms with Crippen molar-refractivity contribution < 1.29 is 23.9 Å². The third-order valence-corrected chi connectivity index (χ3v) is 5.88. The largest absolute Gasteiger partial charge is 0.497 e. The maximum atomic E-state index is 13.1. The van der Waals surface area contributed by atoms with E-state index in [1.807, 2.05) is 0 Å². The van der Waals surface area contributed by atoms with Gasteiger partial charge in [-0.3, -0.25) is 14.4 Å². The molecule has 7 heteroatoms. The summed E-state index contributed by atoms with van der Waals surface area (Å²) in [6.07, 6.45) is 0. The van der Waals surface area contributed by atoms with Crippen molar-refractivity contribution in [2.75, 3.05) is 19.5 Å². The highest BCUT2D eigenvalue weighted by Crippen LogP contribution is 2.62. The fourth-order valence-electron chi connectivity index (χ4n) is 4.20. The molecule has 1 fully saturated rings. The zero-order valence-corrected chi connectivity index (χ0v) is 16.4. The van der Waals surface area contributed by atoms with Gasteiger partial charge in [-0.05, 0) is 29.8 Å². The lowest BCUT2D eigenvalue weighted by Gasteiger charge is -2.13. The lowest BCUT2D eigenvalue weighted by atomic mass is 9.92. The summed E-state index contributed by atoms with van der Waals surface area (Å²) in [6, 6.07) is 12.2. The molecule has 2 aromatic carbocycles. The number of rotatable bonds is 5. The Morgan fingerprint density at radius 3 is 2.41 bits per heavy atom. The number of hydrogen-bond donors (Lipinski definition) is 2. The molecule has 1 aliphatic carbocycles. The van der Waals surface area contributed by atoms with Crippen molar-refractivity contribution in [3.63, 3.8) is 0 Å². The molecule has 1 unspecified atom stereocenters. The van der Waals surface area contributed by atoms with Gasteiger partial charge in [-0.2, -0.15) is 0 Å². The molecule has 0 aromatic heterocycles. The summed E-state index contributed by atoms with van der Waals surface area (Å²) < 4.78 is 10.5. The van der Waals surface area contributed by atoms with Crippen molar-refractivity contribution in [3.8, 4) is 11.5 Å². The molecular weight excluding hydrogens is 372 g/mol. The van der Waals surface area contributed by atoms with Crippen molar-refractivity contribution in [2.45, 2.75) is 13.5 Å². The van der Waals surface area contributed by atoms with E-state index >= 15 is 0 Å². The molecular formula is C22H22N2O5. The first-order valence-corrected chi connectivity index (χ1v) is 9.34. The average molecular weight is 394 g/mol. The molecule has 2 aliphatic rings. The minimum atomic E-state index is -1.03. The van der Waals surface area contributed by atoms with Gasteiger partial charge < -0.3 is 20.1 Å². The van der Waals surface area contributed by atoms with E-state index in [0.29, 0.717) is 22.7 Å². The van der Waals surface area contributed by atoms with E-state index in [2.05, 4.69) is 10.6 Å². The molecule has 2 N–H and O–H groups in total. The standard InChI is InChI=1S/C22H22N2O5/c1-22-17(18(22)21(27)24-16-7-5-4-6-15(16)19(22)25)20(26)23-11-12-8-13(28-2)10-14(9-12)29-3/h4-10,17-18H,11H2,1-3H3,(H,23,26)(H,24,27)/t17-,18?,22+/m0/s1. The maximum Gasteiger partial charge on any atom is 0.229 e. The fourth-order valence-corrected chi connectivity index (χ4v) is 4.20. The van der Waals surface area contributed by atoms with Crippen LogP contribution in [0.2, 0.25) is 0 Å². The average Bonchev–Trinajstić information content (AvgIpc) is 3.39. The van der Waals surface area contributed by atoms with Crippen LogP contribution < -0.4 is 20.1 Å². The van der Waals surface area contributed by atoms with Crippen LogP contribution in [0.3, 0.4) is 0 Å². The highest BCUT2D eigenvalue weighted by Gasteiger charge is 2.73. The summed E-state index contributed by atoms with van der Waals surface area (Å²) in [5, 5.41) is 5.63. The summed E-state index contributed by atoms with van der Waals surface area (Å²) in [7, 11) is 3.11. The number of fused-ring (bicyclic) bond motifs is 2. The third-order valence-electron chi connectivity index (χ3n) is 5.88. The van der Waals surface area contributed by atoms with Gasteiger partial charge >= 0.3 is 0 Å². The molecule has 1 aliphatic heterocycles. The summed E-state index contributed by atoms with van der Waals surface area (Å²) in [5.41, 5.74) is 0.700. The molecule has 2 aromatic rings. The number of carbonyl (C=O) groups excluding carboxylic acids is 3. The molecule has 0 radical (unpaired) electrons. The van der Waals surface area contributed by atoms with Crippen LogP contribution in [0, 0.1) is 17.3 Å². The van der Waals surface area contributed by atoms with Gasteiger partial charge in [0.05, 0.1) is 37.2 Å². The lowest BCUT2D eigenvalue weighted by Crippen LogP contribution is -2.29. The van der Waals surface area contributed by atoms with Crippen LogP contribution in [0.4, 0.5) is 5.69 Å². The third kappa shape index (κ3) is 3.03. The number of carbonyl (C=O) groups is 3. The number of Topliss-reactive ketones (excluding diaryl/α,β-unsaturated/α-hetero) is 1. The van der Waals surface area contributed by atoms with Crippen LogP contribution in [0.1, 0.15) is 22.8 Å². The van der Waals surface area contributed by atoms with Crippen LogP contribution >= 0.6 is 0 Å². The van der Waals surface area contributed by atoms with Gasteiger partial charge in [-0.15, -0.1) is 0 Å². The molecule has 1 saturated carbocycles. The Labute approximate surface area is 168 Å². The predicted molar refractivity (Wildman–Crippen MR) is 106 cm³/mol. The molecule has 7 nitrogen and oxygen atoms in total. The second-order valence-corrected chi connectivity index (χ2v) is 7.54. The number of nitrogens with one attached hydrogen (secondary N) is 2. The number of amides is 2. The summed E-state index contributed by atoms with van der Waals surface area (Å²) in [6.45, 7) is 1.93. The van der Waals surface area contributed by atoms with Crippen molar-refractivity contribution in [3.05, 3.63) is 53.6 Å². The van der Waals surface area contributed by atoms with Crippen molar-refractivity contribution in [1.29, 1.82) is 0 Å². The molecule has 2 amide bonds. The lowest BCUT2D eigenvalue weighted by molar-refractivity contribution is -0.125. The van der Waals surface area contributed by atoms with E-state index in [1.165, 1.54) is 0 Å². The SMILES string of the molecule is COc1cc(CNC(=O)[C@@H]2C3C(=O)Nc4ccccc4C(=O)[C@@]32C)cc(OC)c1. The number of para-hydroxylation sites is 1. The number of benzene rings is 2. The van der Waals surface area contributed by atoms with Crippen LogP contribution in [0.5, 0.6) is 11.5 Å². The molecule has 0 saturated heterocycles. The summed E-state index contributed by atoms with van der Waals surface area (Å²) >= 11 is 0. The van der Waals surface area contributed by atoms with Gasteiger partial charge in [0, 0.05) is 18.2 Å². The van der Waals surface area contributed by atoms with Gasteiger partial charge in [-0.1, -0.05) is 19.1 Å². The second-order valence-electron chi connectivity index (χ2n) is 7.54. The Bertz CT molecular complexity index is 996. The zero-order valence-electron chi connectivity index (χ0n) is 16.4. The van der Waals surface area contributed by atoms with Gasteiger partial charge in [0.2, 0.25) is 11.8 Å². The number of hydrogen-bond acceptors (Lipinski definition) is 5. The Balaban J connectivity index is 1.53. The normalized spacial score (nSPS) is 24.5. The van der Waals surface area contributed by atoms with E-state index in [1.54, 1.807) is 63.6 Å². The monoisotopic (exact) mass is 394 g/mol. The smallest absolute Gasteiger partial charge is 0.229 e. The number of anilines is 1. The Morgan fingerprint density at radius 2 is 1.76 bits per heavy atom. The minimum absolute atomic E-state index is 0.181. The molecule has 150 valence electrons. The highest BCUT2D eigenvalue weighted by atomic mass is 16.5. The Morgan fingerprint density at radius 1 is 1.10 bits per heavy atom. The topological polar surface area (TPSA) is 93.7 Å². The number of methoxy groups -OCH3 is 2. The van der Waals surface area contributed by atoms with Crippen molar-refractivity contribution >= 4 is 23.3 Å². The molecule has 0 bridgehead atoms. The first kappa shape index (κ1) is 19.0. The minimum Gasteiger partial charge on any atom is -0.497 e. The Kier molecular flexibility index (Phi) is 4.53. The summed E-state index contributed by atoms with van der Waals surface area (Å²) in [4.78, 5) is 38.6. The van der Waals surface area contributed by atoms with Gasteiger partial charge in [-0.25, -0.2) is 0 Å².